The fourth-order valence-electron chi connectivity index (χ4n) is 2.13. The Labute approximate surface area is 77.0 Å². The van der Waals surface area contributed by atoms with Crippen LogP contribution >= 0.6 is 0 Å². The van der Waals surface area contributed by atoms with E-state index in [-0.39, 0.29) is 0 Å². The van der Waals surface area contributed by atoms with E-state index >= 15 is 0 Å². The number of rotatable bonds is 0. The van der Waals surface area contributed by atoms with Crippen molar-refractivity contribution in [1.29, 1.82) is 0 Å². The molecule has 1 aromatic heterocycles. The van der Waals surface area contributed by atoms with Crippen LogP contribution < -0.4 is 10.2 Å². The third kappa shape index (κ3) is 1.09. The maximum Gasteiger partial charge on any atom is 0.136 e. The van der Waals surface area contributed by atoms with Crippen LogP contribution in [0.25, 0.3) is 0 Å². The molecule has 1 atom stereocenters. The van der Waals surface area contributed by atoms with Gasteiger partial charge in [-0.2, -0.15) is 0 Å². The van der Waals surface area contributed by atoms with Crippen molar-refractivity contribution in [3.8, 4) is 0 Å². The average Bonchev–Trinajstić information content (AvgIpc) is 2.54. The van der Waals surface area contributed by atoms with E-state index in [9.17, 15) is 0 Å². The summed E-state index contributed by atoms with van der Waals surface area (Å²) in [5, 5.41) is 3.51. The summed E-state index contributed by atoms with van der Waals surface area (Å²) in [4.78, 5) is 10.7. The van der Waals surface area contributed by atoms with Crippen LogP contribution in [-0.4, -0.2) is 29.1 Å². The van der Waals surface area contributed by atoms with Gasteiger partial charge in [-0.1, -0.05) is 0 Å². The molecule has 1 saturated heterocycles. The molecule has 2 aliphatic rings. The van der Waals surface area contributed by atoms with E-state index in [1.807, 2.05) is 6.20 Å². The number of fused-ring (bicyclic) bond motifs is 4. The lowest BCUT2D eigenvalue weighted by atomic mass is 10.2. The molecular formula is C9H12N4. The van der Waals surface area contributed by atoms with Gasteiger partial charge in [0, 0.05) is 37.4 Å². The molecule has 13 heavy (non-hydrogen) atoms. The Bertz CT molecular complexity index is 325. The third-order valence-electron chi connectivity index (χ3n) is 2.83. The molecule has 3 heterocycles. The molecule has 1 N–H and O–H groups in total. The fraction of sp³-hybridized carbons (Fsp3) is 0.556. The second-order valence-corrected chi connectivity index (χ2v) is 3.68. The third-order valence-corrected chi connectivity index (χ3v) is 2.83. The molecular weight excluding hydrogens is 164 g/mol. The molecule has 3 rings (SSSR count). The molecule has 68 valence electrons. The topological polar surface area (TPSA) is 41.1 Å². The Balaban J connectivity index is 2.07. The average molecular weight is 176 g/mol. The van der Waals surface area contributed by atoms with Crippen LogP contribution in [0.3, 0.4) is 0 Å². The first-order chi connectivity index (χ1) is 6.43. The molecule has 2 aliphatic heterocycles. The number of hydrogen-bond donors (Lipinski definition) is 1. The molecule has 2 bridgehead atoms. The minimum atomic E-state index is 0.647. The van der Waals surface area contributed by atoms with E-state index in [0.29, 0.717) is 6.04 Å². The van der Waals surface area contributed by atoms with E-state index in [4.69, 9.17) is 0 Å². The first kappa shape index (κ1) is 7.26. The number of anilines is 1. The Kier molecular flexibility index (Phi) is 1.49. The summed E-state index contributed by atoms with van der Waals surface area (Å²) in [5.41, 5.74) is 1.23. The van der Waals surface area contributed by atoms with Gasteiger partial charge in [-0.3, -0.25) is 0 Å². The lowest BCUT2D eigenvalue weighted by molar-refractivity contribution is 0.557. The smallest absolute Gasteiger partial charge is 0.136 e. The minimum absolute atomic E-state index is 0.647. The van der Waals surface area contributed by atoms with Crippen molar-refractivity contribution in [2.75, 3.05) is 18.0 Å². The zero-order valence-corrected chi connectivity index (χ0v) is 7.40. The number of aromatic nitrogens is 2. The maximum absolute atomic E-state index is 4.33. The van der Waals surface area contributed by atoms with Crippen LogP contribution in [0, 0.1) is 0 Å². The second-order valence-electron chi connectivity index (χ2n) is 3.68. The maximum atomic E-state index is 4.33. The molecule has 0 amide bonds. The molecule has 4 heteroatoms. The van der Waals surface area contributed by atoms with Gasteiger partial charge in [0.25, 0.3) is 0 Å². The summed E-state index contributed by atoms with van der Waals surface area (Å²) in [6.07, 6.45) is 4.79. The number of nitrogens with one attached hydrogen (secondary N) is 1. The SMILES string of the molecule is c1ncc2c(n1)N1CCC(C1)NC2. The van der Waals surface area contributed by atoms with Gasteiger partial charge in [-0.05, 0) is 6.42 Å². The van der Waals surface area contributed by atoms with Gasteiger partial charge in [0.2, 0.25) is 0 Å². The highest BCUT2D eigenvalue weighted by Crippen LogP contribution is 2.24. The van der Waals surface area contributed by atoms with Crippen LogP contribution in [0.4, 0.5) is 5.82 Å². The Morgan fingerprint density at radius 2 is 2.54 bits per heavy atom. The van der Waals surface area contributed by atoms with Gasteiger partial charge in [-0.25, -0.2) is 9.97 Å². The lowest BCUT2D eigenvalue weighted by Gasteiger charge is -2.17. The number of hydrogen-bond acceptors (Lipinski definition) is 4. The molecule has 1 fully saturated rings. The molecule has 0 radical (unpaired) electrons. The highest BCUT2D eigenvalue weighted by molar-refractivity contribution is 5.47. The van der Waals surface area contributed by atoms with Gasteiger partial charge in [0.15, 0.2) is 0 Å². The summed E-state index contributed by atoms with van der Waals surface area (Å²) < 4.78 is 0. The molecule has 1 aromatic rings. The summed E-state index contributed by atoms with van der Waals surface area (Å²) in [6.45, 7) is 3.14. The Morgan fingerprint density at radius 3 is 3.54 bits per heavy atom. The Hall–Kier alpha value is -1.16. The van der Waals surface area contributed by atoms with Crippen molar-refractivity contribution in [3.63, 3.8) is 0 Å². The monoisotopic (exact) mass is 176 g/mol. The van der Waals surface area contributed by atoms with Crippen LogP contribution in [0.15, 0.2) is 12.5 Å². The van der Waals surface area contributed by atoms with E-state index in [2.05, 4.69) is 20.2 Å². The van der Waals surface area contributed by atoms with E-state index < -0.39 is 0 Å². The molecule has 1 unspecified atom stereocenters. The normalized spacial score (nSPS) is 25.5. The van der Waals surface area contributed by atoms with Crippen molar-refractivity contribution in [3.05, 3.63) is 18.1 Å². The van der Waals surface area contributed by atoms with Gasteiger partial charge in [-0.15, -0.1) is 0 Å². The molecule has 0 aromatic carbocycles. The summed E-state index contributed by atoms with van der Waals surface area (Å²) >= 11 is 0. The van der Waals surface area contributed by atoms with Crippen molar-refractivity contribution in [2.24, 2.45) is 0 Å². The minimum Gasteiger partial charge on any atom is -0.355 e. The highest BCUT2D eigenvalue weighted by atomic mass is 15.3. The quantitative estimate of drug-likeness (QED) is 0.611. The van der Waals surface area contributed by atoms with Crippen molar-refractivity contribution in [2.45, 2.75) is 19.0 Å². The van der Waals surface area contributed by atoms with Crippen molar-refractivity contribution >= 4 is 5.82 Å². The summed E-state index contributed by atoms with van der Waals surface area (Å²) in [6, 6.07) is 0.647. The first-order valence-electron chi connectivity index (χ1n) is 4.71. The second kappa shape index (κ2) is 2.67. The van der Waals surface area contributed by atoms with E-state index in [1.54, 1.807) is 6.33 Å². The molecule has 0 spiro atoms. The predicted molar refractivity (Wildman–Crippen MR) is 49.5 cm³/mol. The summed E-state index contributed by atoms with van der Waals surface area (Å²) in [5.74, 6) is 1.13. The largest absolute Gasteiger partial charge is 0.355 e. The predicted octanol–water partition coefficient (Wildman–Crippen LogP) is 0.158. The van der Waals surface area contributed by atoms with E-state index in [1.165, 1.54) is 12.0 Å². The summed E-state index contributed by atoms with van der Waals surface area (Å²) in [7, 11) is 0. The zero-order valence-electron chi connectivity index (χ0n) is 7.40. The van der Waals surface area contributed by atoms with E-state index in [0.717, 1.165) is 25.5 Å². The van der Waals surface area contributed by atoms with Gasteiger partial charge in [0.1, 0.15) is 12.1 Å². The van der Waals surface area contributed by atoms with Crippen molar-refractivity contribution < 1.29 is 0 Å². The lowest BCUT2D eigenvalue weighted by Crippen LogP contribution is -2.28. The Morgan fingerprint density at radius 1 is 1.54 bits per heavy atom. The first-order valence-corrected chi connectivity index (χ1v) is 4.71. The fourth-order valence-corrected chi connectivity index (χ4v) is 2.13. The van der Waals surface area contributed by atoms with Gasteiger partial charge in [0.05, 0.1) is 0 Å². The molecule has 0 saturated carbocycles. The van der Waals surface area contributed by atoms with Gasteiger partial charge >= 0.3 is 0 Å². The van der Waals surface area contributed by atoms with Crippen molar-refractivity contribution in [1.82, 2.24) is 15.3 Å². The van der Waals surface area contributed by atoms with Crippen LogP contribution in [0.1, 0.15) is 12.0 Å². The standard InChI is InChI=1S/C9H12N4/c1-2-13-5-8(1)11-4-7-3-10-6-12-9(7)13/h3,6,8,11H,1-2,4-5H2. The zero-order chi connectivity index (χ0) is 8.67. The number of nitrogens with zero attached hydrogens (tertiary/aromatic N) is 3. The highest BCUT2D eigenvalue weighted by Gasteiger charge is 2.27. The van der Waals surface area contributed by atoms with Crippen LogP contribution in [0.5, 0.6) is 0 Å². The van der Waals surface area contributed by atoms with Crippen LogP contribution in [0.2, 0.25) is 0 Å². The molecule has 0 aliphatic carbocycles. The van der Waals surface area contributed by atoms with Gasteiger partial charge < -0.3 is 10.2 Å². The molecule has 4 nitrogen and oxygen atoms in total. The van der Waals surface area contributed by atoms with Crippen LogP contribution in [-0.2, 0) is 6.54 Å².